The molecule has 4 N–H and O–H groups in total. The summed E-state index contributed by atoms with van der Waals surface area (Å²) in [5.74, 6) is 6.22. The first kappa shape index (κ1) is 21.7. The Bertz CT molecular complexity index is 1340. The van der Waals surface area contributed by atoms with Crippen LogP contribution < -0.4 is 27.8 Å². The van der Waals surface area contributed by atoms with E-state index >= 15 is 0 Å². The van der Waals surface area contributed by atoms with Crippen molar-refractivity contribution in [2.45, 2.75) is 26.8 Å². The van der Waals surface area contributed by atoms with Gasteiger partial charge in [-0.15, -0.1) is 6.42 Å². The van der Waals surface area contributed by atoms with Crippen LogP contribution in [0.5, 0.6) is 0 Å². The summed E-state index contributed by atoms with van der Waals surface area (Å²) in [6.45, 7) is 4.81. The molecule has 0 spiro atoms. The van der Waals surface area contributed by atoms with Crippen molar-refractivity contribution >= 4 is 17.1 Å². The summed E-state index contributed by atoms with van der Waals surface area (Å²) in [6, 6.07) is 2.36. The van der Waals surface area contributed by atoms with Gasteiger partial charge in [0.2, 0.25) is 0 Å². The van der Waals surface area contributed by atoms with Crippen molar-refractivity contribution in [3.63, 3.8) is 0 Å². The minimum Gasteiger partial charge on any atom is -0.397 e. The van der Waals surface area contributed by atoms with Gasteiger partial charge in [-0.2, -0.15) is 0 Å². The number of nitrogens with zero attached hydrogens (tertiary/aromatic N) is 4. The van der Waals surface area contributed by atoms with Crippen molar-refractivity contribution in [3.8, 4) is 18.0 Å². The number of anilines is 3. The first-order valence-electron chi connectivity index (χ1n) is 9.14. The number of rotatable bonds is 4. The molecule has 160 valence electrons. The first-order chi connectivity index (χ1) is 14.6. The van der Waals surface area contributed by atoms with E-state index in [1.807, 2.05) is 0 Å². The molecule has 1 aromatic carbocycles. The summed E-state index contributed by atoms with van der Waals surface area (Å²) in [4.78, 5) is 30.6. The van der Waals surface area contributed by atoms with Gasteiger partial charge in [-0.05, 0) is 32.4 Å². The normalized spacial score (nSPS) is 11.8. The van der Waals surface area contributed by atoms with E-state index in [1.54, 1.807) is 26.1 Å². The molecule has 0 saturated carbocycles. The second kappa shape index (κ2) is 8.04. The monoisotopic (exact) mass is 426 g/mol. The number of pyridine rings is 1. The number of benzene rings is 1. The Kier molecular flexibility index (Phi) is 5.64. The van der Waals surface area contributed by atoms with E-state index in [-0.39, 0.29) is 28.4 Å². The zero-order valence-corrected chi connectivity index (χ0v) is 17.1. The Labute approximate surface area is 176 Å². The van der Waals surface area contributed by atoms with Crippen LogP contribution in [0.1, 0.15) is 24.2 Å². The number of aryl methyl sites for hydroxylation is 1. The molecule has 0 aliphatic heterocycles. The molecule has 10 heteroatoms. The Morgan fingerprint density at radius 3 is 2.42 bits per heavy atom. The van der Waals surface area contributed by atoms with E-state index in [0.717, 1.165) is 21.7 Å². The van der Waals surface area contributed by atoms with Crippen LogP contribution in [0.15, 0.2) is 40.2 Å². The first-order valence-corrected chi connectivity index (χ1v) is 9.14. The molecule has 0 unspecified atom stereocenters. The van der Waals surface area contributed by atoms with Gasteiger partial charge in [-0.1, -0.05) is 5.92 Å². The highest BCUT2D eigenvalue weighted by Crippen LogP contribution is 2.30. The number of hydrogen-bond donors (Lipinski definition) is 2. The van der Waals surface area contributed by atoms with Gasteiger partial charge in [-0.25, -0.2) is 24.0 Å². The van der Waals surface area contributed by atoms with Crippen molar-refractivity contribution < 1.29 is 8.78 Å². The van der Waals surface area contributed by atoms with E-state index in [0.29, 0.717) is 5.56 Å². The zero-order chi connectivity index (χ0) is 23.0. The lowest BCUT2D eigenvalue weighted by atomic mass is 10.2. The molecule has 0 aliphatic rings. The molecule has 0 amide bonds. The van der Waals surface area contributed by atoms with Gasteiger partial charge in [0.05, 0.1) is 35.0 Å². The molecule has 31 heavy (non-hydrogen) atoms. The highest BCUT2D eigenvalue weighted by Gasteiger charge is 2.25. The van der Waals surface area contributed by atoms with Crippen LogP contribution in [0.4, 0.5) is 25.8 Å². The predicted octanol–water partition coefficient (Wildman–Crippen LogP) is 2.08. The number of nitrogen functional groups attached to an aromatic ring is 1. The maximum atomic E-state index is 13.9. The number of aromatic nitrogens is 3. The summed E-state index contributed by atoms with van der Waals surface area (Å²) in [5, 5.41) is 0.814. The fourth-order valence-electron chi connectivity index (χ4n) is 3.29. The van der Waals surface area contributed by atoms with Crippen LogP contribution in [-0.4, -0.2) is 14.1 Å². The molecule has 0 fully saturated rings. The van der Waals surface area contributed by atoms with Crippen LogP contribution in [-0.2, 0) is 0 Å². The van der Waals surface area contributed by atoms with Gasteiger partial charge >= 0.3 is 5.69 Å². The standard InChI is InChI=1S/C21H20F2N6O2/c1-5-12(3)27-13(4)19(29(25)18-8-16(23)15(22)7-17(18)24)20(30)28(21(27)31)14-6-11(2)9-26-10-14/h1,6-10,12H,24-25H2,2-4H3/t12-/m1/s1. The summed E-state index contributed by atoms with van der Waals surface area (Å²) in [7, 11) is 0. The second-order valence-electron chi connectivity index (χ2n) is 6.99. The van der Waals surface area contributed by atoms with Crippen molar-refractivity contribution in [2.75, 3.05) is 10.7 Å². The predicted molar refractivity (Wildman–Crippen MR) is 114 cm³/mol. The SMILES string of the molecule is C#C[C@@H](C)n1c(C)c(N(N)c2cc(F)c(F)cc2N)c(=O)n(-c2cncc(C)c2)c1=O. The third kappa shape index (κ3) is 3.67. The lowest BCUT2D eigenvalue weighted by Gasteiger charge is -2.25. The minimum atomic E-state index is -1.20. The van der Waals surface area contributed by atoms with E-state index in [2.05, 4.69) is 10.9 Å². The molecule has 0 radical (unpaired) electrons. The van der Waals surface area contributed by atoms with Gasteiger partial charge in [0, 0.05) is 18.3 Å². The molecule has 0 aliphatic carbocycles. The molecule has 1 atom stereocenters. The largest absolute Gasteiger partial charge is 0.397 e. The number of hydrazine groups is 1. The highest BCUT2D eigenvalue weighted by atomic mass is 19.2. The fraction of sp³-hybridized carbons (Fsp3) is 0.190. The molecule has 2 aromatic heterocycles. The highest BCUT2D eigenvalue weighted by molar-refractivity contribution is 5.74. The third-order valence-corrected chi connectivity index (χ3v) is 4.82. The number of hydrogen-bond acceptors (Lipinski definition) is 6. The smallest absolute Gasteiger partial charge is 0.337 e. The lowest BCUT2D eigenvalue weighted by Crippen LogP contribution is -2.45. The van der Waals surface area contributed by atoms with Gasteiger partial charge in [0.25, 0.3) is 5.56 Å². The van der Waals surface area contributed by atoms with Crippen LogP contribution in [0.2, 0.25) is 0 Å². The van der Waals surface area contributed by atoms with Crippen molar-refractivity contribution in [2.24, 2.45) is 5.84 Å². The van der Waals surface area contributed by atoms with Gasteiger partial charge in [-0.3, -0.25) is 19.4 Å². The molecule has 3 aromatic rings. The number of nitrogens with two attached hydrogens (primary N) is 2. The second-order valence-corrected chi connectivity index (χ2v) is 6.99. The number of halogens is 2. The molecule has 3 rings (SSSR count). The maximum absolute atomic E-state index is 13.9. The third-order valence-electron chi connectivity index (χ3n) is 4.82. The average Bonchev–Trinajstić information content (AvgIpc) is 2.70. The molecule has 0 bridgehead atoms. The topological polar surface area (TPSA) is 112 Å². The molecular weight excluding hydrogens is 406 g/mol. The summed E-state index contributed by atoms with van der Waals surface area (Å²) >= 11 is 0. The summed E-state index contributed by atoms with van der Waals surface area (Å²) in [6.07, 6.45) is 8.42. The van der Waals surface area contributed by atoms with Crippen LogP contribution in [0.25, 0.3) is 5.69 Å². The minimum absolute atomic E-state index is 0.129. The lowest BCUT2D eigenvalue weighted by molar-refractivity contribution is 0.509. The van der Waals surface area contributed by atoms with E-state index in [1.165, 1.54) is 17.7 Å². The van der Waals surface area contributed by atoms with E-state index < -0.39 is 28.9 Å². The number of terminal acetylenes is 1. The van der Waals surface area contributed by atoms with Crippen molar-refractivity contribution in [1.29, 1.82) is 0 Å². The van der Waals surface area contributed by atoms with Crippen LogP contribution in [0.3, 0.4) is 0 Å². The van der Waals surface area contributed by atoms with E-state index in [9.17, 15) is 18.4 Å². The fourth-order valence-corrected chi connectivity index (χ4v) is 3.29. The van der Waals surface area contributed by atoms with Crippen LogP contribution in [0, 0.1) is 37.8 Å². The Balaban J connectivity index is 2.42. The Hall–Kier alpha value is -3.97. The zero-order valence-electron chi connectivity index (χ0n) is 17.1. The summed E-state index contributed by atoms with van der Waals surface area (Å²) in [5.41, 5.74) is 4.77. The molecule has 0 saturated heterocycles. The van der Waals surface area contributed by atoms with Crippen molar-refractivity contribution in [1.82, 2.24) is 14.1 Å². The Morgan fingerprint density at radius 1 is 1.16 bits per heavy atom. The van der Waals surface area contributed by atoms with Crippen molar-refractivity contribution in [3.05, 3.63) is 74.3 Å². The van der Waals surface area contributed by atoms with Gasteiger partial charge in [0.15, 0.2) is 11.6 Å². The molecule has 8 nitrogen and oxygen atoms in total. The molecular formula is C21H20F2N6O2. The average molecular weight is 426 g/mol. The van der Waals surface area contributed by atoms with E-state index in [4.69, 9.17) is 18.0 Å². The van der Waals surface area contributed by atoms with Gasteiger partial charge in [0.1, 0.15) is 5.69 Å². The van der Waals surface area contributed by atoms with Gasteiger partial charge < -0.3 is 5.73 Å². The Morgan fingerprint density at radius 2 is 1.81 bits per heavy atom. The summed E-state index contributed by atoms with van der Waals surface area (Å²) < 4.78 is 29.5. The quantitative estimate of drug-likeness (QED) is 0.286. The maximum Gasteiger partial charge on any atom is 0.337 e. The van der Waals surface area contributed by atoms with Crippen LogP contribution >= 0.6 is 0 Å². The molecule has 2 heterocycles.